The normalized spacial score (nSPS) is 16.7. The molecule has 1 unspecified atom stereocenters. The Balaban J connectivity index is 5.42. The van der Waals surface area contributed by atoms with Crippen molar-refractivity contribution in [2.45, 2.75) is 28.1 Å². The molecule has 0 aromatic rings. The summed E-state index contributed by atoms with van der Waals surface area (Å²) in [6.07, 6.45) is -0.740. The molecule has 1 atom stereocenters. The first-order valence-corrected chi connectivity index (χ1v) is 13.0. The topological polar surface area (TPSA) is 97.7 Å². The molecule has 0 aliphatic heterocycles. The quantitative estimate of drug-likeness (QED) is 0.403. The number of halogens is 7. The standard InChI is InChI=1S/C10H17ClF6O6S3/c1-24(2,11)4-3-23-6-7(18)5-8(25(19,20)9(12,13)14)26(21,22)10(15,16)17/h7-8,18H,3-6H2,1-2H3. The van der Waals surface area contributed by atoms with Gasteiger partial charge in [-0.25, -0.2) is 16.8 Å². The van der Waals surface area contributed by atoms with E-state index in [9.17, 15) is 48.3 Å². The van der Waals surface area contributed by atoms with Gasteiger partial charge in [-0.15, -0.1) is 0 Å². The number of alkyl halides is 6. The van der Waals surface area contributed by atoms with Gasteiger partial charge in [0, 0.05) is 12.2 Å². The lowest BCUT2D eigenvalue weighted by Gasteiger charge is -2.24. The summed E-state index contributed by atoms with van der Waals surface area (Å²) < 4.78 is 121. The van der Waals surface area contributed by atoms with E-state index in [1.165, 1.54) is 0 Å². The van der Waals surface area contributed by atoms with E-state index < -0.39 is 63.6 Å². The Hall–Kier alpha value is 0.0400. The summed E-state index contributed by atoms with van der Waals surface area (Å²) in [6.45, 7) is -0.991. The van der Waals surface area contributed by atoms with Crippen LogP contribution in [0.25, 0.3) is 0 Å². The minimum absolute atomic E-state index is 0.119. The smallest absolute Gasteiger partial charge is 0.391 e. The lowest BCUT2D eigenvalue weighted by atomic mass is 10.3. The molecule has 0 aliphatic rings. The second-order valence-corrected chi connectivity index (χ2v) is 15.7. The number of aliphatic hydroxyl groups excluding tert-OH is 1. The maximum Gasteiger partial charge on any atom is 0.498 e. The van der Waals surface area contributed by atoms with Crippen LogP contribution in [0.2, 0.25) is 0 Å². The van der Waals surface area contributed by atoms with Gasteiger partial charge < -0.3 is 9.84 Å². The predicted octanol–water partition coefficient (Wildman–Crippen LogP) is 2.17. The van der Waals surface area contributed by atoms with E-state index in [2.05, 4.69) is 0 Å². The Morgan fingerprint density at radius 2 is 1.35 bits per heavy atom. The van der Waals surface area contributed by atoms with Crippen LogP contribution in [0.3, 0.4) is 0 Å². The first kappa shape index (κ1) is 26.0. The Morgan fingerprint density at radius 1 is 0.962 bits per heavy atom. The van der Waals surface area contributed by atoms with Gasteiger partial charge in [0.2, 0.25) is 0 Å². The summed E-state index contributed by atoms with van der Waals surface area (Å²) in [7, 11) is -9.21. The van der Waals surface area contributed by atoms with Crippen LogP contribution < -0.4 is 0 Å². The van der Waals surface area contributed by atoms with Gasteiger partial charge in [-0.05, 0) is 12.5 Å². The molecule has 16 heteroatoms. The van der Waals surface area contributed by atoms with Gasteiger partial charge in [0.25, 0.3) is 19.7 Å². The van der Waals surface area contributed by atoms with Crippen molar-refractivity contribution < 1.29 is 53.0 Å². The van der Waals surface area contributed by atoms with Crippen molar-refractivity contribution in [2.75, 3.05) is 31.5 Å². The van der Waals surface area contributed by atoms with E-state index in [0.717, 1.165) is 0 Å². The molecule has 0 saturated carbocycles. The minimum Gasteiger partial charge on any atom is -0.391 e. The maximum absolute atomic E-state index is 12.5. The fourth-order valence-electron chi connectivity index (χ4n) is 1.48. The van der Waals surface area contributed by atoms with Gasteiger partial charge in [0.05, 0.1) is 19.3 Å². The number of ether oxygens (including phenoxy) is 1. The van der Waals surface area contributed by atoms with E-state index in [4.69, 9.17) is 15.4 Å². The van der Waals surface area contributed by atoms with Crippen LogP contribution in [0.1, 0.15) is 6.42 Å². The number of rotatable bonds is 9. The number of aliphatic hydroxyl groups is 1. The zero-order valence-corrected chi connectivity index (χ0v) is 16.5. The van der Waals surface area contributed by atoms with Crippen molar-refractivity contribution in [1.82, 2.24) is 0 Å². The largest absolute Gasteiger partial charge is 0.498 e. The van der Waals surface area contributed by atoms with Crippen LogP contribution in [0, 0.1) is 0 Å². The van der Waals surface area contributed by atoms with Crippen LogP contribution in [0.5, 0.6) is 0 Å². The highest BCUT2D eigenvalue weighted by atomic mass is 35.7. The number of sulfone groups is 2. The molecule has 0 heterocycles. The molecule has 0 rings (SSSR count). The summed E-state index contributed by atoms with van der Waals surface area (Å²) in [6, 6.07) is 0. The Morgan fingerprint density at radius 3 is 1.65 bits per heavy atom. The van der Waals surface area contributed by atoms with E-state index in [-0.39, 0.29) is 12.4 Å². The van der Waals surface area contributed by atoms with Crippen LogP contribution >= 0.6 is 19.9 Å². The maximum atomic E-state index is 12.5. The average molecular weight is 479 g/mol. The predicted molar refractivity (Wildman–Crippen MR) is 85.3 cm³/mol. The molecular formula is C10H17ClF6O6S3. The fraction of sp³-hybridized carbons (Fsp3) is 1.00. The monoisotopic (exact) mass is 478 g/mol. The molecule has 1 N–H and O–H groups in total. The second kappa shape index (κ2) is 8.59. The molecule has 0 aromatic carbocycles. The molecule has 0 radical (unpaired) electrons. The van der Waals surface area contributed by atoms with E-state index >= 15 is 0 Å². The number of hydrogen-bond acceptors (Lipinski definition) is 6. The van der Waals surface area contributed by atoms with Crippen molar-refractivity contribution in [3.8, 4) is 0 Å². The van der Waals surface area contributed by atoms with Crippen molar-refractivity contribution >= 4 is 39.6 Å². The zero-order valence-electron chi connectivity index (χ0n) is 13.3. The molecule has 0 fully saturated rings. The summed E-state index contributed by atoms with van der Waals surface area (Å²) in [5.41, 5.74) is -12.5. The summed E-state index contributed by atoms with van der Waals surface area (Å²) in [5.74, 6) is 0.270. The lowest BCUT2D eigenvalue weighted by molar-refractivity contribution is -0.0480. The second-order valence-electron chi connectivity index (χ2n) is 5.48. The SMILES string of the molecule is CS(C)(Cl)CCOCC(O)CC(S(=O)(=O)C(F)(F)F)S(=O)(=O)C(F)(F)F. The molecule has 0 spiro atoms. The highest BCUT2D eigenvalue weighted by Gasteiger charge is 2.63. The van der Waals surface area contributed by atoms with Gasteiger partial charge in [0.15, 0.2) is 4.58 Å². The van der Waals surface area contributed by atoms with Crippen molar-refractivity contribution in [3.05, 3.63) is 0 Å². The van der Waals surface area contributed by atoms with E-state index in [0.29, 0.717) is 0 Å². The van der Waals surface area contributed by atoms with Gasteiger partial charge in [-0.3, -0.25) is 0 Å². The van der Waals surface area contributed by atoms with Gasteiger partial charge in [0.1, 0.15) is 0 Å². The Kier molecular flexibility index (Phi) is 8.61. The van der Waals surface area contributed by atoms with Crippen LogP contribution in [0.4, 0.5) is 26.3 Å². The van der Waals surface area contributed by atoms with Crippen LogP contribution in [0.15, 0.2) is 0 Å². The summed E-state index contributed by atoms with van der Waals surface area (Å²) in [5, 5.41) is 9.49. The molecule has 0 saturated heterocycles. The van der Waals surface area contributed by atoms with Crippen LogP contribution in [-0.4, -0.2) is 75.1 Å². The Labute approximate surface area is 152 Å². The molecule has 0 amide bonds. The third-order valence-corrected chi connectivity index (χ3v) is 9.01. The van der Waals surface area contributed by atoms with Gasteiger partial charge in [-0.1, -0.05) is 10.7 Å². The highest BCUT2D eigenvalue weighted by Crippen LogP contribution is 2.44. The van der Waals surface area contributed by atoms with Gasteiger partial charge in [-0.2, -0.15) is 35.6 Å². The van der Waals surface area contributed by atoms with Crippen LogP contribution in [-0.2, 0) is 24.4 Å². The third kappa shape index (κ3) is 7.22. The molecule has 26 heavy (non-hydrogen) atoms. The average Bonchev–Trinajstić information content (AvgIpc) is 2.36. The third-order valence-electron chi connectivity index (χ3n) is 2.83. The molecule has 0 aromatic heterocycles. The van der Waals surface area contributed by atoms with Crippen molar-refractivity contribution in [1.29, 1.82) is 0 Å². The minimum atomic E-state index is -6.77. The zero-order chi connectivity index (χ0) is 21.2. The first-order valence-electron chi connectivity index (χ1n) is 6.50. The molecule has 0 bridgehead atoms. The highest BCUT2D eigenvalue weighted by molar-refractivity contribution is 8.50. The van der Waals surface area contributed by atoms with Crippen molar-refractivity contribution in [3.63, 3.8) is 0 Å². The van der Waals surface area contributed by atoms with Crippen molar-refractivity contribution in [2.24, 2.45) is 0 Å². The fourth-order valence-corrected chi connectivity index (χ4v) is 5.72. The Bertz CT molecular complexity index is 623. The molecule has 6 nitrogen and oxygen atoms in total. The van der Waals surface area contributed by atoms with E-state index in [1.54, 1.807) is 12.5 Å². The summed E-state index contributed by atoms with van der Waals surface area (Å²) >= 11 is 0. The molecule has 0 aliphatic carbocycles. The molecule has 160 valence electrons. The lowest BCUT2D eigenvalue weighted by Crippen LogP contribution is -2.46. The molecular weight excluding hydrogens is 462 g/mol. The summed E-state index contributed by atoms with van der Waals surface area (Å²) in [4.78, 5) is 0. The van der Waals surface area contributed by atoms with E-state index in [1.807, 2.05) is 0 Å². The first-order chi connectivity index (χ1) is 11.2. The number of hydrogen-bond donors (Lipinski definition) is 1. The van der Waals surface area contributed by atoms with Gasteiger partial charge >= 0.3 is 11.0 Å².